The first kappa shape index (κ1) is 14.2. The number of hydrogen-bond acceptors (Lipinski definition) is 4. The summed E-state index contributed by atoms with van der Waals surface area (Å²) >= 11 is 1.58. The zero-order valence-corrected chi connectivity index (χ0v) is 13.6. The van der Waals surface area contributed by atoms with Crippen LogP contribution in [0.5, 0.6) is 0 Å². The Hall–Kier alpha value is -1.40. The average Bonchev–Trinajstić information content (AvgIpc) is 3.24. The van der Waals surface area contributed by atoms with Crippen LogP contribution in [0.2, 0.25) is 0 Å². The van der Waals surface area contributed by atoms with E-state index in [9.17, 15) is 9.90 Å². The fraction of sp³-hybridized carbons (Fsp3) is 0.625. The fourth-order valence-corrected chi connectivity index (χ4v) is 5.16. The molecule has 2 bridgehead atoms. The molecule has 4 rings (SSSR count). The maximum atomic E-state index is 12.8. The van der Waals surface area contributed by atoms with Crippen molar-refractivity contribution in [2.75, 3.05) is 6.61 Å². The lowest BCUT2D eigenvalue weighted by atomic mass is 9.72. The molecule has 118 valence electrons. The molecule has 4 heterocycles. The molecule has 22 heavy (non-hydrogen) atoms. The highest BCUT2D eigenvalue weighted by Crippen LogP contribution is 2.51. The molecule has 0 radical (unpaired) electrons. The number of fused-ring (bicyclic) bond motifs is 3. The van der Waals surface area contributed by atoms with Gasteiger partial charge in [0.15, 0.2) is 4.96 Å². The summed E-state index contributed by atoms with van der Waals surface area (Å²) in [5.41, 5.74) is 0.766. The minimum Gasteiger partial charge on any atom is -0.396 e. The summed E-state index contributed by atoms with van der Waals surface area (Å²) < 4.78 is 1.97. The van der Waals surface area contributed by atoms with Gasteiger partial charge in [-0.05, 0) is 25.7 Å². The lowest BCUT2D eigenvalue weighted by molar-refractivity contribution is -0.132. The number of aromatic nitrogens is 2. The van der Waals surface area contributed by atoms with Crippen molar-refractivity contribution in [1.29, 1.82) is 0 Å². The predicted molar refractivity (Wildman–Crippen MR) is 84.9 cm³/mol. The van der Waals surface area contributed by atoms with E-state index in [1.165, 1.54) is 0 Å². The van der Waals surface area contributed by atoms with Gasteiger partial charge in [0.1, 0.15) is 0 Å². The minimum absolute atomic E-state index is 0.0763. The van der Waals surface area contributed by atoms with Crippen molar-refractivity contribution in [3.8, 4) is 0 Å². The number of nitrogens with zero attached hydrogens (tertiary/aromatic N) is 3. The lowest BCUT2D eigenvalue weighted by Crippen LogP contribution is -2.42. The van der Waals surface area contributed by atoms with Crippen LogP contribution in [0, 0.1) is 5.41 Å². The van der Waals surface area contributed by atoms with Crippen LogP contribution in [0.15, 0.2) is 17.8 Å². The van der Waals surface area contributed by atoms with Crippen LogP contribution in [-0.4, -0.2) is 44.0 Å². The van der Waals surface area contributed by atoms with Crippen molar-refractivity contribution in [2.24, 2.45) is 5.41 Å². The van der Waals surface area contributed by atoms with Gasteiger partial charge in [-0.3, -0.25) is 9.20 Å². The summed E-state index contributed by atoms with van der Waals surface area (Å²) in [6, 6.07) is 0.525. The molecule has 2 aliphatic heterocycles. The van der Waals surface area contributed by atoms with Crippen molar-refractivity contribution in [2.45, 2.75) is 51.1 Å². The molecular formula is C16H21N3O2S. The summed E-state index contributed by atoms with van der Waals surface area (Å²) in [6.45, 7) is 2.32. The first-order chi connectivity index (χ1) is 10.7. The quantitative estimate of drug-likeness (QED) is 0.939. The Morgan fingerprint density at radius 3 is 3.09 bits per heavy atom. The Kier molecular flexibility index (Phi) is 3.27. The SMILES string of the molecule is CC[C@@]1(CO)C[C@@H]2CC[C@H]1N2C(=O)Cc1cn2ccsc2n1. The normalized spacial score (nSPS) is 30.5. The fourth-order valence-electron chi connectivity index (χ4n) is 4.44. The molecule has 0 aromatic carbocycles. The molecule has 3 atom stereocenters. The number of amides is 1. The van der Waals surface area contributed by atoms with E-state index in [0.29, 0.717) is 12.5 Å². The third-order valence-electron chi connectivity index (χ3n) is 5.63. The Bertz CT molecular complexity index is 675. The van der Waals surface area contributed by atoms with Crippen molar-refractivity contribution in [3.63, 3.8) is 0 Å². The second kappa shape index (κ2) is 5.06. The Labute approximate surface area is 133 Å². The second-order valence-corrected chi connectivity index (χ2v) is 7.50. The first-order valence-electron chi connectivity index (χ1n) is 8.00. The van der Waals surface area contributed by atoms with Crippen LogP contribution < -0.4 is 0 Å². The van der Waals surface area contributed by atoms with Crippen molar-refractivity contribution < 1.29 is 9.90 Å². The molecule has 0 spiro atoms. The molecule has 6 heteroatoms. The van der Waals surface area contributed by atoms with Crippen molar-refractivity contribution >= 4 is 22.2 Å². The van der Waals surface area contributed by atoms with E-state index in [4.69, 9.17) is 0 Å². The summed E-state index contributed by atoms with van der Waals surface area (Å²) in [6.07, 6.45) is 8.28. The average molecular weight is 319 g/mol. The number of carbonyl (C=O) groups is 1. The number of imidazole rings is 1. The molecule has 1 amide bonds. The molecule has 2 aromatic heterocycles. The third-order valence-corrected chi connectivity index (χ3v) is 6.40. The van der Waals surface area contributed by atoms with E-state index in [2.05, 4.69) is 16.8 Å². The molecule has 0 aliphatic carbocycles. The van der Waals surface area contributed by atoms with Gasteiger partial charge in [-0.2, -0.15) is 0 Å². The van der Waals surface area contributed by atoms with E-state index in [1.54, 1.807) is 11.3 Å². The van der Waals surface area contributed by atoms with E-state index in [-0.39, 0.29) is 24.0 Å². The van der Waals surface area contributed by atoms with E-state index in [0.717, 1.165) is 36.3 Å². The monoisotopic (exact) mass is 319 g/mol. The number of aliphatic hydroxyl groups is 1. The summed E-state index contributed by atoms with van der Waals surface area (Å²) in [5, 5.41) is 11.8. The number of thiazole rings is 1. The standard InChI is InChI=1S/C16H21N3O2S/c1-2-16(10-20)8-12-3-4-13(16)19(12)14(21)7-11-9-18-5-6-22-15(18)17-11/h5-6,9,12-13,20H,2-4,7-8,10H2,1H3/t12-,13+,16-/m0/s1. The molecular weight excluding hydrogens is 298 g/mol. The number of carbonyl (C=O) groups excluding carboxylic acids is 1. The van der Waals surface area contributed by atoms with Gasteiger partial charge in [-0.25, -0.2) is 4.98 Å². The Morgan fingerprint density at radius 1 is 1.55 bits per heavy atom. The van der Waals surface area contributed by atoms with Crippen LogP contribution in [-0.2, 0) is 11.2 Å². The molecule has 5 nitrogen and oxygen atoms in total. The number of rotatable bonds is 4. The molecule has 1 N–H and O–H groups in total. The van der Waals surface area contributed by atoms with Crippen LogP contribution >= 0.6 is 11.3 Å². The van der Waals surface area contributed by atoms with Crippen LogP contribution in [0.25, 0.3) is 4.96 Å². The largest absolute Gasteiger partial charge is 0.396 e. The summed E-state index contributed by atoms with van der Waals surface area (Å²) in [4.78, 5) is 20.3. The topological polar surface area (TPSA) is 57.8 Å². The zero-order chi connectivity index (χ0) is 15.3. The molecule has 2 saturated heterocycles. The van der Waals surface area contributed by atoms with Gasteiger partial charge in [0.2, 0.25) is 5.91 Å². The second-order valence-electron chi connectivity index (χ2n) is 6.63. The van der Waals surface area contributed by atoms with Gasteiger partial charge >= 0.3 is 0 Å². The maximum Gasteiger partial charge on any atom is 0.229 e. The van der Waals surface area contributed by atoms with Crippen molar-refractivity contribution in [1.82, 2.24) is 14.3 Å². The zero-order valence-electron chi connectivity index (χ0n) is 12.7. The molecule has 2 aliphatic rings. The van der Waals surface area contributed by atoms with Crippen LogP contribution in [0.3, 0.4) is 0 Å². The van der Waals surface area contributed by atoms with Gasteiger partial charge in [0.05, 0.1) is 18.7 Å². The smallest absolute Gasteiger partial charge is 0.229 e. The molecule has 0 unspecified atom stereocenters. The van der Waals surface area contributed by atoms with E-state index < -0.39 is 0 Å². The van der Waals surface area contributed by atoms with Crippen molar-refractivity contribution in [3.05, 3.63) is 23.5 Å². The van der Waals surface area contributed by atoms with E-state index >= 15 is 0 Å². The van der Waals surface area contributed by atoms with Gasteiger partial charge in [0.25, 0.3) is 0 Å². The van der Waals surface area contributed by atoms with E-state index in [1.807, 2.05) is 22.2 Å². The minimum atomic E-state index is -0.0763. The van der Waals surface area contributed by atoms with Crippen LogP contribution in [0.4, 0.5) is 0 Å². The Balaban J connectivity index is 1.54. The van der Waals surface area contributed by atoms with Gasteiger partial charge < -0.3 is 10.0 Å². The highest BCUT2D eigenvalue weighted by molar-refractivity contribution is 7.15. The first-order valence-corrected chi connectivity index (χ1v) is 8.88. The van der Waals surface area contributed by atoms with Gasteiger partial charge in [-0.1, -0.05) is 6.92 Å². The summed E-state index contributed by atoms with van der Waals surface area (Å²) in [7, 11) is 0. The van der Waals surface area contributed by atoms with Crippen LogP contribution in [0.1, 0.15) is 38.3 Å². The number of hydrogen-bond donors (Lipinski definition) is 1. The highest BCUT2D eigenvalue weighted by Gasteiger charge is 2.56. The van der Waals surface area contributed by atoms with Gasteiger partial charge in [0, 0.05) is 35.3 Å². The highest BCUT2D eigenvalue weighted by atomic mass is 32.1. The summed E-state index contributed by atoms with van der Waals surface area (Å²) in [5.74, 6) is 0.169. The molecule has 2 aromatic rings. The predicted octanol–water partition coefficient (Wildman–Crippen LogP) is 2.09. The van der Waals surface area contributed by atoms with Gasteiger partial charge in [-0.15, -0.1) is 11.3 Å². The number of aliphatic hydroxyl groups excluding tert-OH is 1. The lowest BCUT2D eigenvalue weighted by Gasteiger charge is -2.34. The molecule has 0 saturated carbocycles. The maximum absolute atomic E-state index is 12.8. The molecule has 2 fully saturated rings. The third kappa shape index (κ3) is 1.93. The Morgan fingerprint density at radius 2 is 2.41 bits per heavy atom.